The molecule has 1 saturated heterocycles. The average Bonchev–Trinajstić information content (AvgIpc) is 2.92. The van der Waals surface area contributed by atoms with E-state index in [9.17, 15) is 13.2 Å². The number of benzene rings is 1. The molecule has 0 aliphatic carbocycles. The molecule has 7 nitrogen and oxygen atoms in total. The van der Waals surface area contributed by atoms with E-state index in [1.54, 1.807) is 40.0 Å². The van der Waals surface area contributed by atoms with E-state index in [0.29, 0.717) is 13.1 Å². The van der Waals surface area contributed by atoms with Gasteiger partial charge in [-0.2, -0.15) is 5.10 Å². The maximum Gasteiger partial charge on any atom is 0.246 e. The van der Waals surface area contributed by atoms with Gasteiger partial charge in [-0.25, -0.2) is 8.42 Å². The maximum atomic E-state index is 12.4. The largest absolute Gasteiger partial charge is 0.360 e. The number of hydrogen-bond acceptors (Lipinski definition) is 5. The van der Waals surface area contributed by atoms with Gasteiger partial charge in [0.25, 0.3) is 0 Å². The highest BCUT2D eigenvalue weighted by atomic mass is 32.2. The van der Waals surface area contributed by atoms with Gasteiger partial charge in [0.2, 0.25) is 5.91 Å². The van der Waals surface area contributed by atoms with Gasteiger partial charge in [-0.3, -0.25) is 9.48 Å². The van der Waals surface area contributed by atoms with Gasteiger partial charge in [-0.1, -0.05) is 0 Å². The molecule has 1 fully saturated rings. The van der Waals surface area contributed by atoms with Gasteiger partial charge in [0.1, 0.15) is 0 Å². The van der Waals surface area contributed by atoms with Crippen LogP contribution in [0.1, 0.15) is 0 Å². The summed E-state index contributed by atoms with van der Waals surface area (Å²) in [6.07, 6.45) is 4.67. The molecule has 2 aromatic rings. The minimum absolute atomic E-state index is 0.00330. The number of hydrogen-bond donors (Lipinski definition) is 0. The lowest BCUT2D eigenvalue weighted by Gasteiger charge is -2.35. The molecule has 1 aliphatic heterocycles. The Kier molecular flexibility index (Phi) is 3.85. The number of aromatic nitrogens is 2. The third-order valence-electron chi connectivity index (χ3n) is 3.85. The molecule has 0 bridgehead atoms. The van der Waals surface area contributed by atoms with Crippen molar-refractivity contribution < 1.29 is 13.2 Å². The second kappa shape index (κ2) is 5.69. The number of anilines is 2. The van der Waals surface area contributed by atoms with E-state index < -0.39 is 9.84 Å². The van der Waals surface area contributed by atoms with Crippen LogP contribution in [0.4, 0.5) is 11.4 Å². The van der Waals surface area contributed by atoms with Crippen molar-refractivity contribution in [1.29, 1.82) is 0 Å². The fourth-order valence-corrected chi connectivity index (χ4v) is 3.25. The number of carbonyl (C=O) groups is 1. The second-order valence-corrected chi connectivity index (χ2v) is 7.62. The molecule has 8 heteroatoms. The summed E-state index contributed by atoms with van der Waals surface area (Å²) in [5.74, 6) is -0.00330. The molecule has 23 heavy (non-hydrogen) atoms. The predicted octanol–water partition coefficient (Wildman–Crippen LogP) is 0.677. The average molecular weight is 334 g/mol. The monoisotopic (exact) mass is 334 g/mol. The first kappa shape index (κ1) is 15.5. The number of sulfone groups is 1. The zero-order chi connectivity index (χ0) is 16.6. The summed E-state index contributed by atoms with van der Waals surface area (Å²) in [5, 5.41) is 4.09. The quantitative estimate of drug-likeness (QED) is 0.825. The SMILES string of the molecule is Cn1cc(N2CCN(c3ccc(S(C)(=O)=O)cc3)CC2=O)cn1. The lowest BCUT2D eigenvalue weighted by atomic mass is 10.2. The first-order valence-corrected chi connectivity index (χ1v) is 9.08. The fraction of sp³-hybridized carbons (Fsp3) is 0.333. The molecule has 1 amide bonds. The van der Waals surface area contributed by atoms with Crippen molar-refractivity contribution in [3.8, 4) is 0 Å². The summed E-state index contributed by atoms with van der Waals surface area (Å²) in [6, 6.07) is 6.62. The minimum Gasteiger partial charge on any atom is -0.360 e. The van der Waals surface area contributed by atoms with Gasteiger partial charge < -0.3 is 9.80 Å². The number of aryl methyl sites for hydroxylation is 1. The Hall–Kier alpha value is -2.35. The molecular weight excluding hydrogens is 316 g/mol. The molecule has 1 aromatic heterocycles. The van der Waals surface area contributed by atoms with E-state index in [1.165, 1.54) is 6.26 Å². The van der Waals surface area contributed by atoms with Crippen LogP contribution in [0, 0.1) is 0 Å². The minimum atomic E-state index is -3.21. The van der Waals surface area contributed by atoms with Crippen molar-refractivity contribution in [2.45, 2.75) is 4.90 Å². The molecule has 2 heterocycles. The molecule has 1 aromatic carbocycles. The third-order valence-corrected chi connectivity index (χ3v) is 4.98. The number of piperazine rings is 1. The summed E-state index contributed by atoms with van der Waals surface area (Å²) in [7, 11) is -1.39. The molecule has 0 N–H and O–H groups in total. The van der Waals surface area contributed by atoms with Crippen LogP contribution in [0.2, 0.25) is 0 Å². The Labute approximate surface area is 135 Å². The van der Waals surface area contributed by atoms with E-state index in [-0.39, 0.29) is 17.3 Å². The normalized spacial score (nSPS) is 16.0. The van der Waals surface area contributed by atoms with E-state index in [0.717, 1.165) is 11.4 Å². The highest BCUT2D eigenvalue weighted by Crippen LogP contribution is 2.22. The fourth-order valence-electron chi connectivity index (χ4n) is 2.62. The summed E-state index contributed by atoms with van der Waals surface area (Å²) in [4.78, 5) is 16.3. The Morgan fingerprint density at radius 3 is 2.30 bits per heavy atom. The Morgan fingerprint density at radius 1 is 1.09 bits per heavy atom. The summed E-state index contributed by atoms with van der Waals surface area (Å²) in [5.41, 5.74) is 1.64. The number of amides is 1. The Balaban J connectivity index is 1.74. The van der Waals surface area contributed by atoms with E-state index in [1.807, 2.05) is 18.1 Å². The number of carbonyl (C=O) groups excluding carboxylic acids is 1. The van der Waals surface area contributed by atoms with E-state index in [2.05, 4.69) is 5.10 Å². The van der Waals surface area contributed by atoms with Gasteiger partial charge in [-0.05, 0) is 24.3 Å². The Bertz CT molecular complexity index is 827. The lowest BCUT2D eigenvalue weighted by molar-refractivity contribution is -0.117. The Morgan fingerprint density at radius 2 is 1.78 bits per heavy atom. The molecule has 122 valence electrons. The van der Waals surface area contributed by atoms with Crippen molar-refractivity contribution in [2.75, 3.05) is 35.7 Å². The van der Waals surface area contributed by atoms with E-state index >= 15 is 0 Å². The first-order valence-electron chi connectivity index (χ1n) is 7.19. The molecule has 0 radical (unpaired) electrons. The third kappa shape index (κ3) is 3.21. The lowest BCUT2D eigenvalue weighted by Crippen LogP contribution is -2.50. The molecule has 0 saturated carbocycles. The standard InChI is InChI=1S/C15H18N4O3S/c1-17-10-13(9-16-17)19-8-7-18(11-15(19)20)12-3-5-14(6-4-12)23(2,21)22/h3-6,9-10H,7-8,11H2,1-2H3. The molecule has 3 rings (SSSR count). The zero-order valence-corrected chi connectivity index (χ0v) is 13.8. The molecule has 1 aliphatic rings. The van der Waals surface area contributed by atoms with Crippen LogP contribution in [-0.2, 0) is 21.7 Å². The highest BCUT2D eigenvalue weighted by molar-refractivity contribution is 7.90. The van der Waals surface area contributed by atoms with Crippen molar-refractivity contribution in [3.05, 3.63) is 36.7 Å². The van der Waals surface area contributed by atoms with Gasteiger partial charge in [-0.15, -0.1) is 0 Å². The predicted molar refractivity (Wildman–Crippen MR) is 87.3 cm³/mol. The van der Waals surface area contributed by atoms with Crippen LogP contribution in [0.15, 0.2) is 41.6 Å². The molecule has 0 spiro atoms. The number of rotatable bonds is 3. The topological polar surface area (TPSA) is 75.5 Å². The van der Waals surface area contributed by atoms with Crippen LogP contribution in [0.25, 0.3) is 0 Å². The summed E-state index contributed by atoms with van der Waals surface area (Å²) >= 11 is 0. The summed E-state index contributed by atoms with van der Waals surface area (Å²) < 4.78 is 24.6. The van der Waals surface area contributed by atoms with Gasteiger partial charge in [0.05, 0.1) is 23.3 Å². The first-order chi connectivity index (χ1) is 10.8. The van der Waals surface area contributed by atoms with Crippen molar-refractivity contribution >= 4 is 27.1 Å². The van der Waals surface area contributed by atoms with Gasteiger partial charge >= 0.3 is 0 Å². The number of nitrogens with zero attached hydrogens (tertiary/aromatic N) is 4. The van der Waals surface area contributed by atoms with Crippen LogP contribution < -0.4 is 9.80 Å². The van der Waals surface area contributed by atoms with Crippen LogP contribution in [0.3, 0.4) is 0 Å². The van der Waals surface area contributed by atoms with Crippen LogP contribution in [-0.4, -0.2) is 50.0 Å². The summed E-state index contributed by atoms with van der Waals surface area (Å²) in [6.45, 7) is 1.50. The zero-order valence-electron chi connectivity index (χ0n) is 13.0. The van der Waals surface area contributed by atoms with Crippen molar-refractivity contribution in [1.82, 2.24) is 9.78 Å². The van der Waals surface area contributed by atoms with Crippen molar-refractivity contribution in [3.63, 3.8) is 0 Å². The molecular formula is C15H18N4O3S. The second-order valence-electron chi connectivity index (χ2n) is 5.61. The smallest absolute Gasteiger partial charge is 0.246 e. The van der Waals surface area contributed by atoms with Crippen LogP contribution >= 0.6 is 0 Å². The highest BCUT2D eigenvalue weighted by Gasteiger charge is 2.26. The van der Waals surface area contributed by atoms with E-state index in [4.69, 9.17) is 0 Å². The van der Waals surface area contributed by atoms with Gasteiger partial charge in [0.15, 0.2) is 9.84 Å². The van der Waals surface area contributed by atoms with Crippen LogP contribution in [0.5, 0.6) is 0 Å². The van der Waals surface area contributed by atoms with Gasteiger partial charge in [0, 0.05) is 38.3 Å². The molecule has 0 atom stereocenters. The van der Waals surface area contributed by atoms with Crippen molar-refractivity contribution in [2.24, 2.45) is 7.05 Å². The maximum absolute atomic E-state index is 12.4. The molecule has 0 unspecified atom stereocenters.